The number of hydrogen-bond acceptors (Lipinski definition) is 3. The van der Waals surface area contributed by atoms with Gasteiger partial charge >= 0.3 is 63.3 Å². The minimum atomic E-state index is -0.322. The Morgan fingerprint density at radius 2 is 0.477 bits per heavy atom. The van der Waals surface area contributed by atoms with Crippen molar-refractivity contribution in [2.24, 2.45) is 0 Å². The van der Waals surface area contributed by atoms with Crippen LogP contribution in [0.15, 0.2) is 0 Å². The molecule has 0 aliphatic heterocycles. The summed E-state index contributed by atoms with van der Waals surface area (Å²) in [6.45, 7) is 4.57. The molecule has 0 saturated heterocycles. The van der Waals surface area contributed by atoms with Gasteiger partial charge in [0, 0.05) is 12.8 Å². The normalized spacial score (nSPS) is 11.0. The molecule has 0 spiro atoms. The van der Waals surface area contributed by atoms with Gasteiger partial charge in [0.2, 0.25) is 0 Å². The predicted molar refractivity (Wildman–Crippen MR) is 190 cm³/mol. The number of carbonyl (C=O) groups is 2. The largest absolute Gasteiger partial charge is 1.00 e. The maximum absolute atomic E-state index is 12.0. The predicted octanol–water partition coefficient (Wildman–Crippen LogP) is 11.3. The smallest absolute Gasteiger partial charge is 1.00 e. The number of hydrogen-bond donors (Lipinski definition) is 0. The Morgan fingerprint density at radius 1 is 0.318 bits per heavy atom. The molecule has 44 heavy (non-hydrogen) atoms. The summed E-state index contributed by atoms with van der Waals surface area (Å²) in [5.74, 6) is -0.643. The minimum absolute atomic E-state index is 0. The van der Waals surface area contributed by atoms with Gasteiger partial charge in [0.05, 0.1) is 0 Å². The molecule has 0 saturated carbocycles. The van der Waals surface area contributed by atoms with E-state index in [1.807, 2.05) is 0 Å². The number of carbonyl (C=O) groups excluding carboxylic acids is 2. The number of rotatable bonds is 36. The Balaban J connectivity index is -0.00000882. The summed E-state index contributed by atoms with van der Waals surface area (Å²) in [6, 6.07) is 0. The molecular weight excluding hydrogens is 568 g/mol. The topological polar surface area (TPSA) is 43.4 Å². The van der Waals surface area contributed by atoms with Crippen LogP contribution in [-0.4, -0.2) is 11.9 Å². The van der Waals surface area contributed by atoms with Crippen molar-refractivity contribution in [1.29, 1.82) is 0 Å². The molecule has 0 fully saturated rings. The van der Waals surface area contributed by atoms with E-state index in [1.165, 1.54) is 193 Å². The molecule has 0 aromatic rings. The first-order chi connectivity index (χ1) is 21.2. The Labute approximate surface area is 321 Å². The molecule has 0 aliphatic rings. The van der Waals surface area contributed by atoms with Gasteiger partial charge in [-0.05, 0) is 12.8 Å². The van der Waals surface area contributed by atoms with Crippen LogP contribution in [0.2, 0.25) is 0 Å². The molecule has 0 aliphatic carbocycles. The molecule has 0 radical (unpaired) electrons. The fourth-order valence-electron chi connectivity index (χ4n) is 6.22. The van der Waals surface area contributed by atoms with Crippen molar-refractivity contribution < 1.29 is 67.1 Å². The molecule has 0 bridgehead atoms. The zero-order chi connectivity index (χ0) is 31.3. The standard InChI is InChI=1S/C40H78O3.K.H/c1-3-5-7-9-11-13-15-17-19-20-21-22-24-26-28-30-32-34-36-38-40(42)43-39(41)37-35-33-31-29-27-25-23-18-16-14-12-10-8-6-4-2;;/h3-38H2,1-2H3;;/q;+1;-1. The van der Waals surface area contributed by atoms with Crippen LogP contribution in [0.4, 0.5) is 0 Å². The summed E-state index contributed by atoms with van der Waals surface area (Å²) in [5.41, 5.74) is 0. The summed E-state index contributed by atoms with van der Waals surface area (Å²) in [5, 5.41) is 0. The van der Waals surface area contributed by atoms with E-state index in [2.05, 4.69) is 13.8 Å². The fraction of sp³-hybridized carbons (Fsp3) is 0.950. The number of unbranched alkanes of at least 4 members (excludes halogenated alkanes) is 32. The molecule has 0 aromatic carbocycles. The Kier molecular flexibility index (Phi) is 44.5. The minimum Gasteiger partial charge on any atom is -1.00 e. The molecule has 0 aromatic heterocycles. The molecule has 3 nitrogen and oxygen atoms in total. The van der Waals surface area contributed by atoms with Crippen molar-refractivity contribution in [3.05, 3.63) is 0 Å². The molecule has 0 unspecified atom stereocenters. The molecule has 4 heteroatoms. The fourth-order valence-corrected chi connectivity index (χ4v) is 6.22. The van der Waals surface area contributed by atoms with Crippen molar-refractivity contribution in [3.8, 4) is 0 Å². The second-order valence-corrected chi connectivity index (χ2v) is 13.7. The first kappa shape index (κ1) is 46.9. The Hall–Kier alpha value is 0.776. The van der Waals surface area contributed by atoms with Crippen molar-refractivity contribution in [3.63, 3.8) is 0 Å². The Morgan fingerprint density at radius 3 is 0.659 bits per heavy atom. The third kappa shape index (κ3) is 40.8. The van der Waals surface area contributed by atoms with Gasteiger partial charge in [-0.15, -0.1) is 0 Å². The summed E-state index contributed by atoms with van der Waals surface area (Å²) in [6.07, 6.45) is 46.0. The van der Waals surface area contributed by atoms with Gasteiger partial charge in [-0.1, -0.05) is 219 Å². The van der Waals surface area contributed by atoms with Crippen molar-refractivity contribution in [2.45, 2.75) is 245 Å². The van der Waals surface area contributed by atoms with Gasteiger partial charge < -0.3 is 6.16 Å². The van der Waals surface area contributed by atoms with E-state index in [4.69, 9.17) is 4.74 Å². The van der Waals surface area contributed by atoms with E-state index >= 15 is 0 Å². The average Bonchev–Trinajstić information content (AvgIpc) is 3.00. The van der Waals surface area contributed by atoms with E-state index in [-0.39, 0.29) is 64.7 Å². The zero-order valence-electron chi connectivity index (χ0n) is 31.7. The number of esters is 2. The molecule has 0 N–H and O–H groups in total. The molecular formula is C40H79KO3. The monoisotopic (exact) mass is 647 g/mol. The maximum Gasteiger partial charge on any atom is 1.00 e. The van der Waals surface area contributed by atoms with E-state index in [0.29, 0.717) is 12.8 Å². The van der Waals surface area contributed by atoms with Crippen LogP contribution in [0.25, 0.3) is 0 Å². The number of ether oxygens (including phenoxy) is 1. The molecule has 0 atom stereocenters. The summed E-state index contributed by atoms with van der Waals surface area (Å²) in [7, 11) is 0. The molecule has 0 amide bonds. The van der Waals surface area contributed by atoms with Gasteiger partial charge in [0.15, 0.2) is 0 Å². The first-order valence-corrected chi connectivity index (χ1v) is 19.9. The van der Waals surface area contributed by atoms with Crippen LogP contribution in [0, 0.1) is 0 Å². The first-order valence-electron chi connectivity index (χ1n) is 19.9. The van der Waals surface area contributed by atoms with Crippen LogP contribution in [0.1, 0.15) is 246 Å². The maximum atomic E-state index is 12.0. The van der Waals surface area contributed by atoms with E-state index in [9.17, 15) is 9.59 Å². The SMILES string of the molecule is CCCCCCCCCCCCCCCCCCCCCC(=O)OC(=O)CCCCCCCCCCCCCCCCC.[H-].[K+]. The summed E-state index contributed by atoms with van der Waals surface area (Å²) in [4.78, 5) is 23.9. The summed E-state index contributed by atoms with van der Waals surface area (Å²) >= 11 is 0. The quantitative estimate of drug-likeness (QED) is 0.0294. The van der Waals surface area contributed by atoms with Gasteiger partial charge in [0.25, 0.3) is 0 Å². The second-order valence-electron chi connectivity index (χ2n) is 13.7. The van der Waals surface area contributed by atoms with E-state index in [0.717, 1.165) is 25.7 Å². The zero-order valence-corrected chi connectivity index (χ0v) is 33.8. The molecule has 0 heterocycles. The van der Waals surface area contributed by atoms with Crippen LogP contribution in [0.3, 0.4) is 0 Å². The van der Waals surface area contributed by atoms with Crippen LogP contribution in [0.5, 0.6) is 0 Å². The van der Waals surface area contributed by atoms with Crippen LogP contribution in [-0.2, 0) is 14.3 Å². The van der Waals surface area contributed by atoms with E-state index in [1.54, 1.807) is 0 Å². The van der Waals surface area contributed by atoms with Gasteiger partial charge in [-0.25, -0.2) is 0 Å². The van der Waals surface area contributed by atoms with E-state index < -0.39 is 0 Å². The van der Waals surface area contributed by atoms with Gasteiger partial charge in [-0.3, -0.25) is 9.59 Å². The van der Waals surface area contributed by atoms with Gasteiger partial charge in [0.1, 0.15) is 0 Å². The van der Waals surface area contributed by atoms with Crippen LogP contribution < -0.4 is 51.4 Å². The second kappa shape index (κ2) is 41.8. The summed E-state index contributed by atoms with van der Waals surface area (Å²) < 4.78 is 5.03. The third-order valence-corrected chi connectivity index (χ3v) is 9.20. The average molecular weight is 647 g/mol. The van der Waals surface area contributed by atoms with Crippen molar-refractivity contribution in [2.75, 3.05) is 0 Å². The molecule has 258 valence electrons. The Bertz CT molecular complexity index is 572. The van der Waals surface area contributed by atoms with Crippen LogP contribution >= 0.6 is 0 Å². The van der Waals surface area contributed by atoms with Gasteiger partial charge in [-0.2, -0.15) is 0 Å². The third-order valence-electron chi connectivity index (χ3n) is 9.20. The molecule has 0 rings (SSSR count). The van der Waals surface area contributed by atoms with Crippen molar-refractivity contribution >= 4 is 11.9 Å². The van der Waals surface area contributed by atoms with Crippen molar-refractivity contribution in [1.82, 2.24) is 0 Å².